The zero-order valence-electron chi connectivity index (χ0n) is 31.1. The molecule has 0 aliphatic carbocycles. The van der Waals surface area contributed by atoms with Crippen LogP contribution in [0.4, 0.5) is 10.1 Å². The molecule has 1 heterocycles. The van der Waals surface area contributed by atoms with E-state index < -0.39 is 23.9 Å². The Kier molecular flexibility index (Phi) is 16.0. The molecular weight excluding hydrogens is 752 g/mol. The van der Waals surface area contributed by atoms with E-state index in [1.165, 1.54) is 11.6 Å². The van der Waals surface area contributed by atoms with Crippen LogP contribution in [0.5, 0.6) is 11.5 Å². The molecule has 1 aliphatic heterocycles. The number of hydrogen-bond acceptors (Lipinski definition) is 6. The maximum absolute atomic E-state index is 14.3. The molecule has 290 valence electrons. The van der Waals surface area contributed by atoms with Gasteiger partial charge in [0.05, 0.1) is 20.1 Å². The predicted octanol–water partition coefficient (Wildman–Crippen LogP) is 9.13. The smallest absolute Gasteiger partial charge is 0.256 e. The van der Waals surface area contributed by atoms with Gasteiger partial charge in [0.25, 0.3) is 5.91 Å². The number of rotatable bonds is 16. The monoisotopic (exact) mass is 799 g/mol. The van der Waals surface area contributed by atoms with Gasteiger partial charge in [-0.2, -0.15) is 0 Å². The van der Waals surface area contributed by atoms with Crippen LogP contribution >= 0.6 is 35.6 Å². The van der Waals surface area contributed by atoms with Crippen LogP contribution in [0.1, 0.15) is 68.4 Å². The second kappa shape index (κ2) is 20.2. The number of carbonyl (C=O) groups excluding carboxylic acids is 2. The molecule has 2 amide bonds. The minimum absolute atomic E-state index is 0. The number of benzene rings is 4. The average Bonchev–Trinajstić information content (AvgIpc) is 3.22. The number of nitrogens with zero attached hydrogens (tertiary/aromatic N) is 1. The molecule has 5 rings (SSSR count). The maximum atomic E-state index is 14.3. The zero-order chi connectivity index (χ0) is 38.0. The normalized spacial score (nSPS) is 15.5. The third-order valence-corrected chi connectivity index (χ3v) is 9.27. The van der Waals surface area contributed by atoms with Crippen molar-refractivity contribution in [3.8, 4) is 11.5 Å². The molecule has 0 bridgehead atoms. The van der Waals surface area contributed by atoms with E-state index in [1.54, 1.807) is 42.3 Å². The lowest BCUT2D eigenvalue weighted by Gasteiger charge is -2.31. The van der Waals surface area contributed by atoms with Crippen molar-refractivity contribution in [1.29, 1.82) is 0 Å². The van der Waals surface area contributed by atoms with Crippen molar-refractivity contribution in [2.45, 2.75) is 65.2 Å². The molecule has 12 heteroatoms. The van der Waals surface area contributed by atoms with Crippen LogP contribution < -0.4 is 25.0 Å². The van der Waals surface area contributed by atoms with E-state index in [2.05, 4.69) is 16.7 Å². The molecule has 0 aromatic heterocycles. The van der Waals surface area contributed by atoms with Crippen molar-refractivity contribution in [2.24, 2.45) is 5.41 Å². The highest BCUT2D eigenvalue weighted by atomic mass is 35.5. The summed E-state index contributed by atoms with van der Waals surface area (Å²) in [4.78, 5) is 29.4. The van der Waals surface area contributed by atoms with E-state index >= 15 is 0 Å². The van der Waals surface area contributed by atoms with Gasteiger partial charge in [0.1, 0.15) is 18.0 Å². The van der Waals surface area contributed by atoms with E-state index in [0.717, 1.165) is 37.4 Å². The van der Waals surface area contributed by atoms with Crippen LogP contribution in [0.3, 0.4) is 0 Å². The Morgan fingerprint density at radius 3 is 2.41 bits per heavy atom. The highest BCUT2D eigenvalue weighted by Gasteiger charge is 2.40. The Morgan fingerprint density at radius 2 is 1.67 bits per heavy atom. The zero-order valence-corrected chi connectivity index (χ0v) is 33.5. The molecule has 0 saturated heterocycles. The number of fused-ring (bicyclic) bond motifs is 1. The number of carbonyl (C=O) groups is 2. The summed E-state index contributed by atoms with van der Waals surface area (Å²) in [5.74, 6) is -0.254. The molecule has 2 N–H and O–H groups in total. The first-order valence-corrected chi connectivity index (χ1v) is 18.7. The van der Waals surface area contributed by atoms with E-state index in [4.69, 9.17) is 37.4 Å². The molecule has 54 heavy (non-hydrogen) atoms. The van der Waals surface area contributed by atoms with Crippen molar-refractivity contribution in [2.75, 3.05) is 38.3 Å². The molecule has 4 aromatic carbocycles. The first kappa shape index (κ1) is 42.9. The molecule has 8 nitrogen and oxygen atoms in total. The van der Waals surface area contributed by atoms with E-state index in [9.17, 15) is 14.0 Å². The maximum Gasteiger partial charge on any atom is 0.256 e. The Balaban J connectivity index is 0.00000650. The minimum atomic E-state index is -1.17. The highest BCUT2D eigenvalue weighted by molar-refractivity contribution is 6.31. The van der Waals surface area contributed by atoms with Gasteiger partial charge in [0.2, 0.25) is 5.91 Å². The summed E-state index contributed by atoms with van der Waals surface area (Å²) in [5, 5.41) is 7.45. The van der Waals surface area contributed by atoms with Gasteiger partial charge in [-0.1, -0.05) is 86.4 Å². The quantitative estimate of drug-likeness (QED) is 0.110. The van der Waals surface area contributed by atoms with Gasteiger partial charge in [0, 0.05) is 45.5 Å². The summed E-state index contributed by atoms with van der Waals surface area (Å²) in [7, 11) is 1.56. The fourth-order valence-corrected chi connectivity index (χ4v) is 6.74. The van der Waals surface area contributed by atoms with Crippen molar-refractivity contribution in [3.63, 3.8) is 0 Å². The van der Waals surface area contributed by atoms with E-state index in [0.29, 0.717) is 52.1 Å². The Labute approximate surface area is 334 Å². The van der Waals surface area contributed by atoms with Crippen LogP contribution in [0.25, 0.3) is 0 Å². The van der Waals surface area contributed by atoms with E-state index in [1.807, 2.05) is 63.2 Å². The predicted molar refractivity (Wildman–Crippen MR) is 216 cm³/mol. The van der Waals surface area contributed by atoms with Crippen LogP contribution in [-0.4, -0.2) is 51.3 Å². The summed E-state index contributed by atoms with van der Waals surface area (Å²) in [6, 6.07) is 25.1. The van der Waals surface area contributed by atoms with Crippen molar-refractivity contribution >= 4 is 53.1 Å². The second-order valence-corrected chi connectivity index (χ2v) is 15.2. The summed E-state index contributed by atoms with van der Waals surface area (Å²) in [6.45, 7) is 8.54. The number of amides is 2. The summed E-state index contributed by atoms with van der Waals surface area (Å²) >= 11 is 12.7. The number of para-hydroxylation sites is 1. The number of halogens is 4. The van der Waals surface area contributed by atoms with Crippen LogP contribution in [0.2, 0.25) is 10.0 Å². The molecule has 0 radical (unpaired) electrons. The van der Waals surface area contributed by atoms with Crippen LogP contribution in [0.15, 0.2) is 84.9 Å². The van der Waals surface area contributed by atoms with Crippen LogP contribution in [-0.2, 0) is 27.3 Å². The van der Waals surface area contributed by atoms with Crippen LogP contribution in [0, 0.1) is 11.2 Å². The van der Waals surface area contributed by atoms with Gasteiger partial charge in [-0.15, -0.1) is 12.4 Å². The lowest BCUT2D eigenvalue weighted by Crippen LogP contribution is -2.45. The molecule has 2 atom stereocenters. The third-order valence-electron chi connectivity index (χ3n) is 8.80. The minimum Gasteiger partial charge on any atom is -0.492 e. The molecule has 4 aromatic rings. The molecule has 1 aliphatic rings. The van der Waals surface area contributed by atoms with Gasteiger partial charge in [-0.05, 0) is 85.8 Å². The highest BCUT2D eigenvalue weighted by Crippen LogP contribution is 2.45. The van der Waals surface area contributed by atoms with Crippen molar-refractivity contribution in [3.05, 3.63) is 123 Å². The van der Waals surface area contributed by atoms with Gasteiger partial charge < -0.3 is 29.7 Å². The summed E-state index contributed by atoms with van der Waals surface area (Å²) in [6.07, 6.45) is 0.410. The average molecular weight is 801 g/mol. The standard InChI is InChI=1S/C42H48Cl2FN3O5.ClH/c1-42(2,3)27-48-35-19-18-31(44)24-33(35)39(53-37(41(48)50)25-38(49)47-26-29-13-5-6-16-34(29)45)32-15-8-17-36(40(32)51-4)52-22-10-21-46-20-9-12-28-11-7-14-30(43)23-28;/h5-8,11,13-19,23-24,37,39,46H,9-10,12,20-22,25-27H2,1-4H3,(H,47,49);1H/t37-,39-;/m0./s1. The summed E-state index contributed by atoms with van der Waals surface area (Å²) in [5.41, 5.74) is 3.17. The first-order chi connectivity index (χ1) is 25.4. The molecule has 0 saturated carbocycles. The molecular formula is C42H49Cl3FN3O5. The number of methoxy groups -OCH3 is 1. The molecule has 0 spiro atoms. The van der Waals surface area contributed by atoms with Gasteiger partial charge in [-0.25, -0.2) is 4.39 Å². The fourth-order valence-electron chi connectivity index (χ4n) is 6.34. The Bertz CT molecular complexity index is 1870. The number of nitrogens with one attached hydrogen (secondary N) is 2. The number of ether oxygens (including phenoxy) is 3. The number of aryl methyl sites for hydroxylation is 1. The Hall–Kier alpha value is -3.86. The largest absolute Gasteiger partial charge is 0.492 e. The molecule has 0 fully saturated rings. The van der Waals surface area contributed by atoms with Crippen molar-refractivity contribution < 1.29 is 28.2 Å². The number of hydrogen-bond donors (Lipinski definition) is 2. The van der Waals surface area contributed by atoms with Gasteiger partial charge >= 0.3 is 0 Å². The third kappa shape index (κ3) is 11.8. The SMILES string of the molecule is COc1c(OCCCNCCCc2cccc(Cl)c2)cccc1[C@@H]1O[C@@H](CC(=O)NCc2ccccc2F)C(=O)N(CC(C)(C)C)c2ccc(Cl)cc21.Cl. The fraction of sp³-hybridized carbons (Fsp3) is 0.381. The van der Waals surface area contributed by atoms with Gasteiger partial charge in [0.15, 0.2) is 11.5 Å². The van der Waals surface area contributed by atoms with Gasteiger partial charge in [-0.3, -0.25) is 9.59 Å². The van der Waals surface area contributed by atoms with E-state index in [-0.39, 0.29) is 36.7 Å². The topological polar surface area (TPSA) is 89.1 Å². The van der Waals surface area contributed by atoms with Crippen molar-refractivity contribution in [1.82, 2.24) is 10.6 Å². The first-order valence-electron chi connectivity index (χ1n) is 17.9. The molecule has 0 unspecified atom stereocenters. The number of anilines is 1. The summed E-state index contributed by atoms with van der Waals surface area (Å²) < 4.78 is 33.2. The lowest BCUT2D eigenvalue weighted by atomic mass is 9.94. The second-order valence-electron chi connectivity index (χ2n) is 14.3. The Morgan fingerprint density at radius 1 is 0.926 bits per heavy atom. The lowest BCUT2D eigenvalue weighted by molar-refractivity contribution is -0.138.